The number of benzene rings is 3. The van der Waals surface area contributed by atoms with Gasteiger partial charge in [0.1, 0.15) is 29.9 Å². The van der Waals surface area contributed by atoms with E-state index in [1.165, 1.54) is 0 Å². The number of fused-ring (bicyclic) bond motifs is 1. The average molecular weight is 527 g/mol. The van der Waals surface area contributed by atoms with Gasteiger partial charge in [0.2, 0.25) is 0 Å². The number of nitrogens with one attached hydrogen (secondary N) is 1. The molecule has 1 aliphatic heterocycles. The lowest BCUT2D eigenvalue weighted by Crippen LogP contribution is -2.26. The van der Waals surface area contributed by atoms with Crippen molar-refractivity contribution in [3.05, 3.63) is 92.1 Å². The van der Waals surface area contributed by atoms with Crippen molar-refractivity contribution in [1.29, 1.82) is 0 Å². The lowest BCUT2D eigenvalue weighted by atomic mass is 9.92. The predicted octanol–water partition coefficient (Wildman–Crippen LogP) is 5.67. The van der Waals surface area contributed by atoms with Crippen LogP contribution in [-0.4, -0.2) is 36.4 Å². The molecular weight excluding hydrogens is 503 g/mol. The molecule has 1 heterocycles. The van der Waals surface area contributed by atoms with Gasteiger partial charge in [-0.15, -0.1) is 4.74 Å². The summed E-state index contributed by atoms with van der Waals surface area (Å²) in [5.74, 6) is -0.235. The molecular formula is C27H24Cl2N2O5. The van der Waals surface area contributed by atoms with E-state index >= 15 is 0 Å². The molecule has 2 amide bonds. The minimum Gasteiger partial charge on any atom is -0.617 e. The fraction of sp³-hybridized carbons (Fsp3) is 0.222. The van der Waals surface area contributed by atoms with Gasteiger partial charge in [0, 0.05) is 35.2 Å². The lowest BCUT2D eigenvalue weighted by molar-refractivity contribution is -0.376. The molecule has 0 radical (unpaired) electrons. The molecule has 0 bridgehead atoms. The van der Waals surface area contributed by atoms with Gasteiger partial charge in [-0.3, -0.25) is 4.79 Å². The molecule has 1 aliphatic rings. The minimum absolute atomic E-state index is 0.0802. The number of halogens is 2. The number of nitrogens with zero attached hydrogens (tertiary/aromatic N) is 1. The summed E-state index contributed by atoms with van der Waals surface area (Å²) in [5.41, 5.74) is 2.85. The highest BCUT2D eigenvalue weighted by Crippen LogP contribution is 2.42. The highest BCUT2D eigenvalue weighted by atomic mass is 35.5. The van der Waals surface area contributed by atoms with Gasteiger partial charge >= 0.3 is 5.91 Å². The monoisotopic (exact) mass is 526 g/mol. The van der Waals surface area contributed by atoms with E-state index < -0.39 is 11.8 Å². The molecule has 0 saturated carbocycles. The summed E-state index contributed by atoms with van der Waals surface area (Å²) in [6.45, 7) is 5.74. The molecule has 4 rings (SSSR count). The first kappa shape index (κ1) is 25.5. The van der Waals surface area contributed by atoms with Crippen LogP contribution in [0.25, 0.3) is 0 Å². The third-order valence-electron chi connectivity index (χ3n) is 5.92. The maximum Gasteiger partial charge on any atom is 0.405 e. The predicted molar refractivity (Wildman–Crippen MR) is 139 cm³/mol. The number of hydrogen-bond acceptors (Lipinski definition) is 5. The molecule has 0 aromatic heterocycles. The van der Waals surface area contributed by atoms with Crippen LogP contribution in [0.3, 0.4) is 0 Å². The number of hydrogen-bond donors (Lipinski definition) is 1. The normalized spacial score (nSPS) is 14.4. The molecule has 0 aliphatic carbocycles. The highest BCUT2D eigenvalue weighted by Gasteiger charge is 2.34. The summed E-state index contributed by atoms with van der Waals surface area (Å²) in [6.07, 6.45) is 1.05. The summed E-state index contributed by atoms with van der Waals surface area (Å²) in [6, 6.07) is 15.8. The number of carbonyl (C=O) groups is 2. The smallest absolute Gasteiger partial charge is 0.405 e. The average Bonchev–Trinajstić information content (AvgIpc) is 2.86. The molecule has 3 aromatic rings. The molecule has 1 N–H and O–H groups in total. The Morgan fingerprint density at radius 2 is 1.89 bits per heavy atom. The molecule has 186 valence electrons. The molecule has 9 heteroatoms. The topological polar surface area (TPSA) is 90.7 Å². The summed E-state index contributed by atoms with van der Waals surface area (Å²) >= 11 is 12.3. The number of aryl methyl sites for hydroxylation is 1. The van der Waals surface area contributed by atoms with Crippen molar-refractivity contribution in [2.45, 2.75) is 25.7 Å². The Balaban J connectivity index is 1.44. The fourth-order valence-corrected chi connectivity index (χ4v) is 4.33. The van der Waals surface area contributed by atoms with E-state index in [-0.39, 0.29) is 22.3 Å². The van der Waals surface area contributed by atoms with Gasteiger partial charge in [-0.2, -0.15) is 0 Å². The van der Waals surface area contributed by atoms with Crippen LogP contribution in [0.5, 0.6) is 17.2 Å². The summed E-state index contributed by atoms with van der Waals surface area (Å²) in [4.78, 5) is 24.8. The Morgan fingerprint density at radius 1 is 1.14 bits per heavy atom. The zero-order valence-corrected chi connectivity index (χ0v) is 21.1. The second-order valence-corrected chi connectivity index (χ2v) is 9.29. The largest absolute Gasteiger partial charge is 0.617 e. The first-order valence-corrected chi connectivity index (χ1v) is 12.1. The van der Waals surface area contributed by atoms with Crippen LogP contribution in [0, 0.1) is 12.1 Å². The van der Waals surface area contributed by atoms with Crippen LogP contribution in [0.1, 0.15) is 39.4 Å². The van der Waals surface area contributed by atoms with Crippen LogP contribution < -0.4 is 14.8 Å². The van der Waals surface area contributed by atoms with Crippen LogP contribution in [-0.2, 0) is 11.2 Å². The lowest BCUT2D eigenvalue weighted by Gasteiger charge is -2.24. The minimum atomic E-state index is -0.672. The molecule has 3 aromatic carbocycles. The fourth-order valence-electron chi connectivity index (χ4n) is 4.00. The Hall–Kier alpha value is -3.55. The number of hydroxylamine groups is 1. The van der Waals surface area contributed by atoms with Crippen molar-refractivity contribution >= 4 is 41.7 Å². The molecule has 0 fully saturated rings. The zero-order chi connectivity index (χ0) is 25.8. The van der Waals surface area contributed by atoms with Crippen molar-refractivity contribution in [2.24, 2.45) is 0 Å². The van der Waals surface area contributed by atoms with Gasteiger partial charge in [-0.05, 0) is 60.9 Å². The van der Waals surface area contributed by atoms with E-state index in [1.807, 2.05) is 31.2 Å². The van der Waals surface area contributed by atoms with E-state index in [0.717, 1.165) is 11.1 Å². The maximum atomic E-state index is 12.6. The summed E-state index contributed by atoms with van der Waals surface area (Å²) in [5, 5.41) is 15.3. The summed E-state index contributed by atoms with van der Waals surface area (Å²) < 4.78 is 11.8. The van der Waals surface area contributed by atoms with E-state index in [9.17, 15) is 14.8 Å². The maximum absolute atomic E-state index is 12.6. The Bertz CT molecular complexity index is 1320. The number of carbonyl (C=O) groups excluding carboxylic acids is 2. The molecule has 0 saturated heterocycles. The number of rotatable bonds is 7. The standard InChI is InChI=1S/C27H24Cl2N2O5/c1-16-13-18(26(32)30-11-9-17-3-6-19(28)7-4-17)5-8-23(16)36-25-15-24-21(14-22(25)29)20(10-12-35-24)27(33)31(2)34/h3-8,13-15,20H,2,9-12H2,1H3,(H,30,32). The highest BCUT2D eigenvalue weighted by molar-refractivity contribution is 6.32. The second-order valence-electron chi connectivity index (χ2n) is 8.44. The van der Waals surface area contributed by atoms with Gasteiger partial charge < -0.3 is 20.0 Å². The van der Waals surface area contributed by atoms with Gasteiger partial charge in [-0.25, -0.2) is 4.79 Å². The van der Waals surface area contributed by atoms with Crippen molar-refractivity contribution in [3.8, 4) is 17.2 Å². The van der Waals surface area contributed by atoms with Gasteiger partial charge in [-0.1, -0.05) is 35.3 Å². The Morgan fingerprint density at radius 3 is 2.58 bits per heavy atom. The Kier molecular flexibility index (Phi) is 7.82. The molecule has 7 nitrogen and oxygen atoms in total. The van der Waals surface area contributed by atoms with Crippen LogP contribution in [0.2, 0.25) is 10.0 Å². The van der Waals surface area contributed by atoms with Crippen molar-refractivity contribution < 1.29 is 23.8 Å². The van der Waals surface area contributed by atoms with Crippen LogP contribution in [0.15, 0.2) is 54.6 Å². The molecule has 36 heavy (non-hydrogen) atoms. The van der Waals surface area contributed by atoms with Crippen molar-refractivity contribution in [1.82, 2.24) is 5.32 Å². The first-order valence-electron chi connectivity index (χ1n) is 11.3. The van der Waals surface area contributed by atoms with E-state index in [0.29, 0.717) is 52.8 Å². The third kappa shape index (κ3) is 5.80. The van der Waals surface area contributed by atoms with Crippen LogP contribution in [0.4, 0.5) is 0 Å². The summed E-state index contributed by atoms with van der Waals surface area (Å²) in [7, 11) is 0. The van der Waals surface area contributed by atoms with E-state index in [2.05, 4.69) is 12.0 Å². The second kappa shape index (κ2) is 11.0. The Labute approximate surface area is 218 Å². The van der Waals surface area contributed by atoms with Gasteiger partial charge in [0.05, 0.1) is 11.6 Å². The number of amides is 2. The van der Waals surface area contributed by atoms with E-state index in [4.69, 9.17) is 32.7 Å². The van der Waals surface area contributed by atoms with Crippen molar-refractivity contribution in [3.63, 3.8) is 0 Å². The third-order valence-corrected chi connectivity index (χ3v) is 6.46. The molecule has 1 atom stereocenters. The number of ether oxygens (including phenoxy) is 2. The quantitative estimate of drug-likeness (QED) is 0.185. The first-order chi connectivity index (χ1) is 17.2. The SMILES string of the molecule is C=[N+]([O-])C(=O)C1CCOc2cc(Oc3ccc(C(=O)NCCc4ccc(Cl)cc4)cc3C)c(Cl)cc21. The molecule has 1 unspecified atom stereocenters. The molecule has 0 spiro atoms. The van der Waals surface area contributed by atoms with Crippen molar-refractivity contribution in [2.75, 3.05) is 13.2 Å². The van der Waals surface area contributed by atoms with Gasteiger partial charge in [0.15, 0.2) is 0 Å². The zero-order valence-electron chi connectivity index (χ0n) is 19.6. The van der Waals surface area contributed by atoms with Crippen LogP contribution >= 0.6 is 23.2 Å². The van der Waals surface area contributed by atoms with E-state index in [1.54, 1.807) is 30.3 Å². The van der Waals surface area contributed by atoms with Gasteiger partial charge in [0.25, 0.3) is 5.91 Å².